The molecule has 0 aliphatic carbocycles. The predicted octanol–water partition coefficient (Wildman–Crippen LogP) is 2.05. The number of aliphatic hydroxyl groups excluding tert-OH is 3. The minimum Gasteiger partial charge on any atom is -0.396 e. The minimum absolute atomic E-state index is 0.0903. The van der Waals surface area contributed by atoms with Gasteiger partial charge >= 0.3 is 0 Å². The van der Waals surface area contributed by atoms with E-state index in [4.69, 9.17) is 5.11 Å². The molecule has 1 rings (SSSR count). The Balaban J connectivity index is 0. The Labute approximate surface area is 154 Å². The smallest absolute Gasteiger partial charge is 0.223 e. The second-order valence-electron chi connectivity index (χ2n) is 7.17. The fourth-order valence-corrected chi connectivity index (χ4v) is 2.76. The molecule has 2 unspecified atom stereocenters. The quantitative estimate of drug-likeness (QED) is 0.614. The van der Waals surface area contributed by atoms with Crippen molar-refractivity contribution in [1.82, 2.24) is 4.90 Å². The van der Waals surface area contributed by atoms with E-state index in [1.54, 1.807) is 19.1 Å². The molecule has 25 heavy (non-hydrogen) atoms. The molecule has 1 fully saturated rings. The maximum atomic E-state index is 11.8. The van der Waals surface area contributed by atoms with Crippen molar-refractivity contribution in [2.75, 3.05) is 33.9 Å². The monoisotopic (exact) mass is 363 g/mol. The zero-order valence-electron chi connectivity index (χ0n) is 17.1. The lowest BCUT2D eigenvalue weighted by Gasteiger charge is -2.22. The topological polar surface area (TPSA) is 90.2 Å². The molecule has 1 heterocycles. The average Bonchev–Trinajstić information content (AvgIpc) is 2.79. The van der Waals surface area contributed by atoms with Crippen molar-refractivity contribution >= 4 is 5.91 Å². The molecule has 6 nitrogen and oxygen atoms in total. The molecule has 1 aliphatic heterocycles. The maximum Gasteiger partial charge on any atom is 0.223 e. The number of carbonyl (C=O) groups is 1. The summed E-state index contributed by atoms with van der Waals surface area (Å²) >= 11 is 0. The molecule has 152 valence electrons. The molecule has 3 atom stereocenters. The summed E-state index contributed by atoms with van der Waals surface area (Å²) in [7, 11) is 3.25. The van der Waals surface area contributed by atoms with E-state index in [0.717, 1.165) is 6.42 Å². The molecular formula is C19H41NO5. The van der Waals surface area contributed by atoms with Crippen molar-refractivity contribution < 1.29 is 24.9 Å². The average molecular weight is 364 g/mol. The van der Waals surface area contributed by atoms with Crippen LogP contribution in [0.5, 0.6) is 0 Å². The van der Waals surface area contributed by atoms with Gasteiger partial charge in [-0.15, -0.1) is 0 Å². The third kappa shape index (κ3) is 15.3. The molecule has 0 spiro atoms. The van der Waals surface area contributed by atoms with Gasteiger partial charge in [0.1, 0.15) is 0 Å². The summed E-state index contributed by atoms with van der Waals surface area (Å²) in [6.07, 6.45) is 1.91. The summed E-state index contributed by atoms with van der Waals surface area (Å²) in [5.74, 6) is 1.07. The minimum atomic E-state index is -0.719. The number of rotatable bonds is 8. The van der Waals surface area contributed by atoms with Crippen LogP contribution in [0.4, 0.5) is 0 Å². The summed E-state index contributed by atoms with van der Waals surface area (Å²) in [6.45, 7) is 9.45. The van der Waals surface area contributed by atoms with E-state index in [2.05, 4.69) is 32.4 Å². The van der Waals surface area contributed by atoms with Crippen LogP contribution < -0.4 is 0 Å². The molecular weight excluding hydrogens is 322 g/mol. The largest absolute Gasteiger partial charge is 0.396 e. The van der Waals surface area contributed by atoms with Crippen molar-refractivity contribution in [2.24, 2.45) is 11.8 Å². The van der Waals surface area contributed by atoms with E-state index in [9.17, 15) is 15.0 Å². The molecule has 0 radical (unpaired) electrons. The van der Waals surface area contributed by atoms with Crippen molar-refractivity contribution in [3.05, 3.63) is 0 Å². The molecule has 0 aromatic rings. The van der Waals surface area contributed by atoms with Crippen molar-refractivity contribution in [1.29, 1.82) is 0 Å². The van der Waals surface area contributed by atoms with Gasteiger partial charge in [0.05, 0.1) is 12.2 Å². The Morgan fingerprint density at radius 1 is 1.20 bits per heavy atom. The summed E-state index contributed by atoms with van der Waals surface area (Å²) in [4.78, 5) is 13.5. The lowest BCUT2D eigenvalue weighted by atomic mass is 9.96. The van der Waals surface area contributed by atoms with Crippen LogP contribution in [0.15, 0.2) is 0 Å². The lowest BCUT2D eigenvalue weighted by Crippen LogP contribution is -2.35. The number of aliphatic hydroxyl groups is 3. The Bertz CT molecular complexity index is 310. The number of ether oxygens (including phenoxy) is 1. The van der Waals surface area contributed by atoms with Gasteiger partial charge in [-0.2, -0.15) is 0 Å². The van der Waals surface area contributed by atoms with Crippen LogP contribution >= 0.6 is 0 Å². The number of likely N-dealkylation sites (tertiary alicyclic amines) is 1. The second kappa shape index (κ2) is 16.8. The van der Waals surface area contributed by atoms with Crippen LogP contribution in [-0.2, 0) is 9.53 Å². The second-order valence-corrected chi connectivity index (χ2v) is 7.17. The van der Waals surface area contributed by atoms with Crippen molar-refractivity contribution in [3.8, 4) is 0 Å². The standard InChI is InChI=1S/C14H27NO4.C3H8.C2H6O/c1-10(2)5-11-6-14(19)15(8-11)9-13(18)7-12(17)3-4-16;2*1-3-2/h10-13,16-18H,3-9H2,1-2H3;3H2,1-2H3;1-2H3/t11?,12?,13-;;/m1../s1. The molecule has 0 bridgehead atoms. The van der Waals surface area contributed by atoms with Gasteiger partial charge in [-0.05, 0) is 24.7 Å². The van der Waals surface area contributed by atoms with Gasteiger partial charge in [-0.1, -0.05) is 34.1 Å². The number of nitrogens with zero attached hydrogens (tertiary/aromatic N) is 1. The molecule has 6 heteroatoms. The number of methoxy groups -OCH3 is 1. The summed E-state index contributed by atoms with van der Waals surface area (Å²) < 4.78 is 4.25. The highest BCUT2D eigenvalue weighted by Gasteiger charge is 2.31. The fraction of sp³-hybridized carbons (Fsp3) is 0.947. The highest BCUT2D eigenvalue weighted by atomic mass is 16.4. The van der Waals surface area contributed by atoms with E-state index in [1.165, 1.54) is 6.42 Å². The van der Waals surface area contributed by atoms with E-state index >= 15 is 0 Å². The first-order chi connectivity index (χ1) is 11.7. The number of β-amino-alcohol motifs (C(OH)–C–C–N with tert-alkyl or cyclic N) is 1. The molecule has 1 saturated heterocycles. The van der Waals surface area contributed by atoms with E-state index in [0.29, 0.717) is 24.8 Å². The van der Waals surface area contributed by atoms with Crippen LogP contribution in [0.1, 0.15) is 59.8 Å². The third-order valence-corrected chi connectivity index (χ3v) is 3.54. The van der Waals surface area contributed by atoms with Crippen LogP contribution in [-0.4, -0.2) is 72.3 Å². The highest BCUT2D eigenvalue weighted by Crippen LogP contribution is 2.24. The fourth-order valence-electron chi connectivity index (χ4n) is 2.76. The summed E-state index contributed by atoms with van der Waals surface area (Å²) in [5, 5.41) is 28.1. The Morgan fingerprint density at radius 3 is 2.16 bits per heavy atom. The van der Waals surface area contributed by atoms with Crippen LogP contribution in [0.3, 0.4) is 0 Å². The number of hydrogen-bond donors (Lipinski definition) is 3. The van der Waals surface area contributed by atoms with Gasteiger partial charge < -0.3 is 25.0 Å². The highest BCUT2D eigenvalue weighted by molar-refractivity contribution is 5.78. The van der Waals surface area contributed by atoms with E-state index < -0.39 is 12.2 Å². The molecule has 3 N–H and O–H groups in total. The zero-order chi connectivity index (χ0) is 19.8. The van der Waals surface area contributed by atoms with Gasteiger partial charge in [-0.3, -0.25) is 4.79 Å². The molecule has 1 amide bonds. The van der Waals surface area contributed by atoms with Gasteiger partial charge in [0.25, 0.3) is 0 Å². The first kappa shape index (κ1) is 26.5. The number of amides is 1. The summed E-state index contributed by atoms with van der Waals surface area (Å²) in [5.41, 5.74) is 0. The van der Waals surface area contributed by atoms with E-state index in [1.807, 2.05) is 0 Å². The lowest BCUT2D eigenvalue weighted by molar-refractivity contribution is -0.129. The molecule has 1 aliphatic rings. The van der Waals surface area contributed by atoms with Crippen molar-refractivity contribution in [2.45, 2.75) is 72.0 Å². The zero-order valence-corrected chi connectivity index (χ0v) is 17.1. The summed E-state index contributed by atoms with van der Waals surface area (Å²) in [6, 6.07) is 0. The third-order valence-electron chi connectivity index (χ3n) is 3.54. The number of hydrogen-bond acceptors (Lipinski definition) is 5. The normalized spacial score (nSPS) is 19.0. The molecule has 0 aromatic heterocycles. The molecule has 0 saturated carbocycles. The van der Waals surface area contributed by atoms with Crippen LogP contribution in [0.2, 0.25) is 0 Å². The van der Waals surface area contributed by atoms with Gasteiger partial charge in [-0.25, -0.2) is 0 Å². The Hall–Kier alpha value is -0.690. The Morgan fingerprint density at radius 2 is 1.72 bits per heavy atom. The van der Waals surface area contributed by atoms with Gasteiger partial charge in [0, 0.05) is 46.8 Å². The number of carbonyl (C=O) groups excluding carboxylic acids is 1. The van der Waals surface area contributed by atoms with Gasteiger partial charge in [0.2, 0.25) is 5.91 Å². The SMILES string of the molecule is CC(C)CC1CC(=O)N(C[C@H](O)CC(O)CCO)C1.CCC.COC. The van der Waals surface area contributed by atoms with Crippen LogP contribution in [0, 0.1) is 11.8 Å². The first-order valence-corrected chi connectivity index (χ1v) is 9.40. The molecule has 0 aromatic carbocycles. The maximum absolute atomic E-state index is 11.8. The van der Waals surface area contributed by atoms with Crippen LogP contribution in [0.25, 0.3) is 0 Å². The first-order valence-electron chi connectivity index (χ1n) is 9.40. The van der Waals surface area contributed by atoms with Gasteiger partial charge in [0.15, 0.2) is 0 Å². The van der Waals surface area contributed by atoms with Crippen molar-refractivity contribution in [3.63, 3.8) is 0 Å². The Kier molecular flexibility index (Phi) is 17.8. The van der Waals surface area contributed by atoms with E-state index in [-0.39, 0.29) is 31.9 Å². The predicted molar refractivity (Wildman–Crippen MR) is 101 cm³/mol.